The molecule has 1 rings (SSSR count). The van der Waals surface area contributed by atoms with Crippen molar-refractivity contribution < 1.29 is 0 Å². The Morgan fingerprint density at radius 3 is 2.50 bits per heavy atom. The molecule has 1 atom stereocenters. The van der Waals surface area contributed by atoms with Gasteiger partial charge in [0.15, 0.2) is 0 Å². The van der Waals surface area contributed by atoms with Gasteiger partial charge in [-0.15, -0.1) is 8.58 Å². The molecule has 0 heterocycles. The van der Waals surface area contributed by atoms with E-state index in [1.165, 1.54) is 31.0 Å². The lowest BCUT2D eigenvalue weighted by molar-refractivity contribution is 0.801. The molecule has 0 bridgehead atoms. The second kappa shape index (κ2) is 6.20. The molecule has 0 aromatic heterocycles. The zero-order valence-corrected chi connectivity index (χ0v) is 8.72. The molecule has 0 amide bonds. The van der Waals surface area contributed by atoms with Crippen molar-refractivity contribution in [2.24, 2.45) is 0 Å². The Labute approximate surface area is 77.2 Å². The van der Waals surface area contributed by atoms with E-state index < -0.39 is 0 Å². The van der Waals surface area contributed by atoms with Crippen molar-refractivity contribution >= 4 is 8.58 Å². The maximum absolute atomic E-state index is 2.28. The molecule has 0 aliphatic carbocycles. The molecule has 0 saturated carbocycles. The van der Waals surface area contributed by atoms with Crippen LogP contribution in [0.5, 0.6) is 0 Å². The van der Waals surface area contributed by atoms with Crippen LogP contribution in [0.3, 0.4) is 0 Å². The molecule has 1 aromatic rings. The van der Waals surface area contributed by atoms with Crippen LogP contribution in [0.25, 0.3) is 0 Å². The third-order valence-corrected chi connectivity index (χ3v) is 2.84. The van der Waals surface area contributed by atoms with Crippen LogP contribution in [0.4, 0.5) is 0 Å². The van der Waals surface area contributed by atoms with Gasteiger partial charge in [-0.1, -0.05) is 30.3 Å². The second-order valence-corrected chi connectivity index (χ2v) is 4.25. The van der Waals surface area contributed by atoms with Gasteiger partial charge < -0.3 is 0 Å². The largest absolute Gasteiger partial charge is 0.125 e. The Morgan fingerprint density at radius 2 is 1.83 bits per heavy atom. The molecule has 1 heteroatoms. The molecule has 0 spiro atoms. The van der Waals surface area contributed by atoms with Gasteiger partial charge in [-0.3, -0.25) is 0 Å². The van der Waals surface area contributed by atoms with Gasteiger partial charge in [0, 0.05) is 0 Å². The van der Waals surface area contributed by atoms with Gasteiger partial charge in [0.05, 0.1) is 0 Å². The molecule has 12 heavy (non-hydrogen) atoms. The minimum Gasteiger partial charge on any atom is -0.125 e. The highest BCUT2D eigenvalue weighted by Gasteiger charge is 1.90. The maximum Gasteiger partial charge on any atom is -0.0279 e. The standard InChI is InChI=1S/C11H17P/c1-12-10-6-5-9-11-7-3-2-4-8-11/h2-4,7-8,12H,5-6,9-10H2,1H3. The Kier molecular flexibility index (Phi) is 5.03. The molecule has 1 unspecified atom stereocenters. The zero-order valence-electron chi connectivity index (χ0n) is 7.72. The van der Waals surface area contributed by atoms with Gasteiger partial charge in [0.1, 0.15) is 0 Å². The summed E-state index contributed by atoms with van der Waals surface area (Å²) in [4.78, 5) is 0. The number of unbranched alkanes of at least 4 members (excludes halogenated alkanes) is 1. The molecule has 1 aromatic carbocycles. The summed E-state index contributed by atoms with van der Waals surface area (Å²) < 4.78 is 0. The van der Waals surface area contributed by atoms with Gasteiger partial charge in [-0.2, -0.15) is 0 Å². The topological polar surface area (TPSA) is 0 Å². The second-order valence-electron chi connectivity index (χ2n) is 3.05. The van der Waals surface area contributed by atoms with E-state index in [1.54, 1.807) is 0 Å². The van der Waals surface area contributed by atoms with Gasteiger partial charge in [0.25, 0.3) is 0 Å². The highest BCUT2D eigenvalue weighted by atomic mass is 31.1. The summed E-state index contributed by atoms with van der Waals surface area (Å²) in [5, 5.41) is 0. The normalized spacial score (nSPS) is 11.1. The van der Waals surface area contributed by atoms with Crippen molar-refractivity contribution in [1.82, 2.24) is 0 Å². The predicted octanol–water partition coefficient (Wildman–Crippen LogP) is 3.32. The van der Waals surface area contributed by atoms with Gasteiger partial charge in [-0.05, 0) is 37.7 Å². The van der Waals surface area contributed by atoms with E-state index >= 15 is 0 Å². The first-order chi connectivity index (χ1) is 5.93. The first-order valence-electron chi connectivity index (χ1n) is 4.62. The maximum atomic E-state index is 2.28. The van der Waals surface area contributed by atoms with E-state index in [4.69, 9.17) is 0 Å². The lowest BCUT2D eigenvalue weighted by atomic mass is 10.1. The van der Waals surface area contributed by atoms with Crippen molar-refractivity contribution in [2.75, 3.05) is 12.8 Å². The lowest BCUT2D eigenvalue weighted by Gasteiger charge is -1.99. The predicted molar refractivity (Wildman–Crippen MR) is 58.5 cm³/mol. The van der Waals surface area contributed by atoms with Gasteiger partial charge in [-0.25, -0.2) is 0 Å². The van der Waals surface area contributed by atoms with E-state index in [2.05, 4.69) is 37.0 Å². The van der Waals surface area contributed by atoms with Crippen LogP contribution in [0.15, 0.2) is 30.3 Å². The van der Waals surface area contributed by atoms with Gasteiger partial charge in [0.2, 0.25) is 0 Å². The lowest BCUT2D eigenvalue weighted by Crippen LogP contribution is -1.85. The Bertz CT molecular complexity index is 193. The first kappa shape index (κ1) is 9.74. The number of rotatable bonds is 5. The molecule has 0 nitrogen and oxygen atoms in total. The SMILES string of the molecule is CPCCCCc1ccccc1. The van der Waals surface area contributed by atoms with Crippen LogP contribution >= 0.6 is 8.58 Å². The molecule has 0 N–H and O–H groups in total. The molecular weight excluding hydrogens is 163 g/mol. The fourth-order valence-corrected chi connectivity index (χ4v) is 1.88. The molecule has 0 aliphatic heterocycles. The van der Waals surface area contributed by atoms with Crippen molar-refractivity contribution in [3.8, 4) is 0 Å². The van der Waals surface area contributed by atoms with Crippen molar-refractivity contribution in [3.05, 3.63) is 35.9 Å². The quantitative estimate of drug-likeness (QED) is 0.481. The molecule has 66 valence electrons. The summed E-state index contributed by atoms with van der Waals surface area (Å²) in [7, 11) is 1.13. The number of aryl methyl sites for hydroxylation is 1. The fourth-order valence-electron chi connectivity index (χ4n) is 1.28. The number of benzene rings is 1. The summed E-state index contributed by atoms with van der Waals surface area (Å²) in [5.74, 6) is 0. The average molecular weight is 180 g/mol. The summed E-state index contributed by atoms with van der Waals surface area (Å²) in [6.45, 7) is 2.28. The molecule has 0 fully saturated rings. The highest BCUT2D eigenvalue weighted by molar-refractivity contribution is 7.36. The first-order valence-corrected chi connectivity index (χ1v) is 6.32. The van der Waals surface area contributed by atoms with Crippen molar-refractivity contribution in [3.63, 3.8) is 0 Å². The van der Waals surface area contributed by atoms with Crippen molar-refractivity contribution in [2.45, 2.75) is 19.3 Å². The van der Waals surface area contributed by atoms with Crippen LogP contribution in [0.2, 0.25) is 0 Å². The summed E-state index contributed by atoms with van der Waals surface area (Å²) in [6, 6.07) is 10.8. The summed E-state index contributed by atoms with van der Waals surface area (Å²) in [5.41, 5.74) is 1.48. The van der Waals surface area contributed by atoms with E-state index in [0.717, 1.165) is 8.58 Å². The van der Waals surface area contributed by atoms with E-state index in [-0.39, 0.29) is 0 Å². The summed E-state index contributed by atoms with van der Waals surface area (Å²) >= 11 is 0. The minimum absolute atomic E-state index is 1.13. The molecular formula is C11H17P. The van der Waals surface area contributed by atoms with Crippen LogP contribution < -0.4 is 0 Å². The smallest absolute Gasteiger partial charge is 0.0279 e. The highest BCUT2D eigenvalue weighted by Crippen LogP contribution is 2.09. The van der Waals surface area contributed by atoms with E-state index in [0.29, 0.717) is 0 Å². The summed E-state index contributed by atoms with van der Waals surface area (Å²) in [6.07, 6.45) is 5.41. The van der Waals surface area contributed by atoms with Crippen molar-refractivity contribution in [1.29, 1.82) is 0 Å². The van der Waals surface area contributed by atoms with Gasteiger partial charge >= 0.3 is 0 Å². The van der Waals surface area contributed by atoms with E-state index in [1.807, 2.05) is 0 Å². The third kappa shape index (κ3) is 3.88. The number of hydrogen-bond acceptors (Lipinski definition) is 0. The molecule has 0 saturated heterocycles. The third-order valence-electron chi connectivity index (χ3n) is 1.99. The minimum atomic E-state index is 1.13. The van der Waals surface area contributed by atoms with Crippen LogP contribution in [0, 0.1) is 0 Å². The average Bonchev–Trinajstić information content (AvgIpc) is 2.14. The molecule has 0 aliphatic rings. The fraction of sp³-hybridized carbons (Fsp3) is 0.455. The van der Waals surface area contributed by atoms with E-state index in [9.17, 15) is 0 Å². The Morgan fingerprint density at radius 1 is 1.08 bits per heavy atom. The molecule has 0 radical (unpaired) electrons. The Balaban J connectivity index is 2.16. The van der Waals surface area contributed by atoms with Crippen LogP contribution in [0.1, 0.15) is 18.4 Å². The Hall–Kier alpha value is -0.350. The van der Waals surface area contributed by atoms with Crippen LogP contribution in [-0.4, -0.2) is 12.8 Å². The van der Waals surface area contributed by atoms with Crippen LogP contribution in [-0.2, 0) is 6.42 Å². The zero-order chi connectivity index (χ0) is 8.65. The monoisotopic (exact) mass is 180 g/mol. The number of hydrogen-bond donors (Lipinski definition) is 0.